The molecule has 2 N–H and O–H groups in total. The number of unbranched alkanes of at least 4 members (excludes halogenated alkanes) is 1. The molecular weight excluding hydrogens is 218 g/mol. The third kappa shape index (κ3) is 10.2. The van der Waals surface area contributed by atoms with Crippen LogP contribution in [0.25, 0.3) is 0 Å². The van der Waals surface area contributed by atoms with Crippen LogP contribution in [0.15, 0.2) is 12.2 Å². The van der Waals surface area contributed by atoms with Crippen molar-refractivity contribution in [2.45, 2.75) is 64.0 Å². The molecule has 0 aromatic rings. The van der Waals surface area contributed by atoms with Gasteiger partial charge in [0.05, 0.1) is 0 Å². The van der Waals surface area contributed by atoms with Crippen molar-refractivity contribution in [3.63, 3.8) is 0 Å². The van der Waals surface area contributed by atoms with Crippen molar-refractivity contribution in [1.29, 1.82) is 0 Å². The van der Waals surface area contributed by atoms with E-state index < -0.39 is 0 Å². The van der Waals surface area contributed by atoms with Crippen LogP contribution in [0.1, 0.15) is 58.8 Å². The first-order chi connectivity index (χ1) is 7.56. The number of rotatable bonds is 10. The third-order valence-electron chi connectivity index (χ3n) is 2.63. The minimum absolute atomic E-state index is 0.281. The van der Waals surface area contributed by atoms with Gasteiger partial charge in [-0.25, -0.2) is 0 Å². The second-order valence-corrected chi connectivity index (χ2v) is 5.49. The molecule has 0 aliphatic rings. The minimum Gasteiger partial charge on any atom is -0.300 e. The van der Waals surface area contributed by atoms with Gasteiger partial charge < -0.3 is 4.79 Å². The predicted molar refractivity (Wildman–Crippen MR) is 73.4 cm³/mol. The molecule has 1 atom stereocenters. The highest BCUT2D eigenvalue weighted by Gasteiger charge is 2.07. The van der Waals surface area contributed by atoms with Crippen LogP contribution < -0.4 is 5.14 Å². The van der Waals surface area contributed by atoms with E-state index in [1.807, 2.05) is 0 Å². The van der Waals surface area contributed by atoms with Gasteiger partial charge in [0, 0.05) is 11.7 Å². The number of nitrogens with two attached hydrogens (primary N) is 1. The molecule has 0 rings (SSSR count). The molecule has 3 heteroatoms. The molecule has 0 bridgehead atoms. The largest absolute Gasteiger partial charge is 0.300 e. The molecule has 0 saturated carbocycles. The lowest BCUT2D eigenvalue weighted by molar-refractivity contribution is -0.117. The fraction of sp³-hybridized carbons (Fsp3) is 0.769. The molecule has 2 nitrogen and oxygen atoms in total. The molecule has 0 heterocycles. The van der Waals surface area contributed by atoms with Crippen LogP contribution in [0, 0.1) is 0 Å². The van der Waals surface area contributed by atoms with Crippen molar-refractivity contribution in [1.82, 2.24) is 0 Å². The van der Waals surface area contributed by atoms with Crippen molar-refractivity contribution in [2.75, 3.05) is 0 Å². The summed E-state index contributed by atoms with van der Waals surface area (Å²) in [5.41, 5.74) is 1.26. The molecule has 0 aliphatic heterocycles. The maximum atomic E-state index is 10.8. The first-order valence-corrected chi connectivity index (χ1v) is 7.00. The van der Waals surface area contributed by atoms with Gasteiger partial charge in [-0.05, 0) is 46.0 Å². The normalized spacial score (nSPS) is 12.4. The number of carbonyl (C=O) groups is 1. The van der Waals surface area contributed by atoms with Crippen LogP contribution in [0.2, 0.25) is 0 Å². The maximum absolute atomic E-state index is 10.8. The Morgan fingerprint density at radius 1 is 1.19 bits per heavy atom. The molecule has 16 heavy (non-hydrogen) atoms. The summed E-state index contributed by atoms with van der Waals surface area (Å²) in [7, 11) is 0. The molecule has 0 saturated heterocycles. The lowest BCUT2D eigenvalue weighted by Gasteiger charge is -2.13. The second-order valence-electron chi connectivity index (χ2n) is 4.56. The first-order valence-electron chi connectivity index (χ1n) is 6.05. The fourth-order valence-corrected chi connectivity index (χ4v) is 2.26. The predicted octanol–water partition coefficient (Wildman–Crippen LogP) is 3.86. The fourth-order valence-electron chi connectivity index (χ4n) is 1.66. The number of carbonyl (C=O) groups excluding carboxylic acids is 1. The van der Waals surface area contributed by atoms with Gasteiger partial charge in [-0.1, -0.05) is 23.9 Å². The third-order valence-corrected chi connectivity index (χ3v) is 3.48. The van der Waals surface area contributed by atoms with Crippen LogP contribution in [-0.4, -0.2) is 11.0 Å². The zero-order chi connectivity index (χ0) is 12.4. The highest BCUT2D eigenvalue weighted by atomic mass is 32.2. The van der Waals surface area contributed by atoms with Crippen molar-refractivity contribution < 1.29 is 4.79 Å². The smallest absolute Gasteiger partial charge is 0.129 e. The van der Waals surface area contributed by atoms with Crippen LogP contribution in [0.4, 0.5) is 0 Å². The Morgan fingerprint density at radius 2 is 1.81 bits per heavy atom. The monoisotopic (exact) mass is 243 g/mol. The van der Waals surface area contributed by atoms with Gasteiger partial charge >= 0.3 is 0 Å². The number of ketones is 1. The number of hydrogen-bond acceptors (Lipinski definition) is 3. The molecule has 94 valence electrons. The van der Waals surface area contributed by atoms with E-state index in [2.05, 4.69) is 13.5 Å². The summed E-state index contributed by atoms with van der Waals surface area (Å²) in [5, 5.41) is 6.16. The van der Waals surface area contributed by atoms with Crippen LogP contribution in [0.5, 0.6) is 0 Å². The van der Waals surface area contributed by atoms with Crippen molar-refractivity contribution >= 4 is 17.7 Å². The van der Waals surface area contributed by atoms with Crippen molar-refractivity contribution in [2.24, 2.45) is 5.14 Å². The molecular formula is C13H25NOS. The van der Waals surface area contributed by atoms with Gasteiger partial charge in [0.1, 0.15) is 5.78 Å². The summed E-state index contributed by atoms with van der Waals surface area (Å²) >= 11 is 1.45. The molecule has 0 spiro atoms. The Kier molecular flexibility index (Phi) is 9.74. The topological polar surface area (TPSA) is 43.1 Å². The molecule has 0 unspecified atom stereocenters. The molecule has 0 aromatic carbocycles. The van der Waals surface area contributed by atoms with Crippen LogP contribution >= 0.6 is 11.9 Å². The van der Waals surface area contributed by atoms with E-state index in [1.54, 1.807) is 6.92 Å². The highest BCUT2D eigenvalue weighted by molar-refractivity contribution is 7.97. The zero-order valence-corrected chi connectivity index (χ0v) is 11.4. The molecule has 0 radical (unpaired) electrons. The van der Waals surface area contributed by atoms with Crippen molar-refractivity contribution in [3.05, 3.63) is 12.2 Å². The summed E-state index contributed by atoms with van der Waals surface area (Å²) < 4.78 is 0. The van der Waals surface area contributed by atoms with E-state index in [4.69, 9.17) is 5.14 Å². The van der Waals surface area contributed by atoms with Gasteiger partial charge in [-0.3, -0.25) is 5.14 Å². The summed E-state index contributed by atoms with van der Waals surface area (Å²) in [6.45, 7) is 7.62. The van der Waals surface area contributed by atoms with E-state index >= 15 is 0 Å². The van der Waals surface area contributed by atoms with E-state index in [0.29, 0.717) is 11.7 Å². The van der Waals surface area contributed by atoms with Crippen LogP contribution in [0.3, 0.4) is 0 Å². The SMILES string of the molecule is C=C(C)CCCC[C@H](CCCC(C)=O)SN. The molecule has 0 amide bonds. The highest BCUT2D eigenvalue weighted by Crippen LogP contribution is 2.19. The first kappa shape index (κ1) is 15.7. The van der Waals surface area contributed by atoms with Crippen molar-refractivity contribution in [3.8, 4) is 0 Å². The lowest BCUT2D eigenvalue weighted by atomic mass is 10.0. The Balaban J connectivity index is 3.51. The summed E-state index contributed by atoms with van der Waals surface area (Å²) in [4.78, 5) is 10.8. The molecule has 0 fully saturated rings. The second kappa shape index (κ2) is 9.91. The quantitative estimate of drug-likeness (QED) is 0.360. The van der Waals surface area contributed by atoms with Gasteiger partial charge in [0.15, 0.2) is 0 Å². The summed E-state index contributed by atoms with van der Waals surface area (Å²) in [5.74, 6) is 0.281. The maximum Gasteiger partial charge on any atom is 0.129 e. The number of Topliss-reactive ketones (excluding diaryl/α,β-unsaturated/α-hetero) is 1. The van der Waals surface area contributed by atoms with E-state index in [1.165, 1.54) is 30.4 Å². The Labute approximate surface area is 104 Å². The summed E-state index contributed by atoms with van der Waals surface area (Å²) in [6, 6.07) is 0. The number of allylic oxidation sites excluding steroid dienone is 1. The van der Waals surface area contributed by atoms with Gasteiger partial charge in [-0.2, -0.15) is 0 Å². The van der Waals surface area contributed by atoms with Gasteiger partial charge in [-0.15, -0.1) is 6.58 Å². The van der Waals surface area contributed by atoms with Gasteiger partial charge in [0.25, 0.3) is 0 Å². The minimum atomic E-state index is 0.281. The van der Waals surface area contributed by atoms with E-state index in [-0.39, 0.29) is 5.78 Å². The van der Waals surface area contributed by atoms with E-state index in [0.717, 1.165) is 25.7 Å². The zero-order valence-electron chi connectivity index (χ0n) is 10.6. The lowest BCUT2D eigenvalue weighted by Crippen LogP contribution is -2.07. The Bertz CT molecular complexity index is 216. The summed E-state index contributed by atoms with van der Waals surface area (Å²) in [6.07, 6.45) is 7.43. The van der Waals surface area contributed by atoms with Crippen LogP contribution in [-0.2, 0) is 4.79 Å². The average molecular weight is 243 g/mol. The van der Waals surface area contributed by atoms with Gasteiger partial charge in [0.2, 0.25) is 0 Å². The Hall–Kier alpha value is -0.280. The Morgan fingerprint density at radius 3 is 2.31 bits per heavy atom. The standard InChI is InChI=1S/C13H25NOS/c1-11(2)7-4-5-9-13(16-14)10-6-8-12(3)15/h13H,1,4-10,14H2,2-3H3/t13-/m1/s1. The van der Waals surface area contributed by atoms with E-state index in [9.17, 15) is 4.79 Å². The molecule has 0 aromatic heterocycles. The number of hydrogen-bond donors (Lipinski definition) is 1. The average Bonchev–Trinajstić information content (AvgIpc) is 2.20. The molecule has 0 aliphatic carbocycles.